The van der Waals surface area contributed by atoms with E-state index in [2.05, 4.69) is 27.8 Å². The molecule has 2 aliphatic heterocycles. The number of rotatable bonds is 5. The van der Waals surface area contributed by atoms with Crippen molar-refractivity contribution in [2.24, 2.45) is 17.3 Å². The minimum atomic E-state index is -3.59. The van der Waals surface area contributed by atoms with E-state index in [-0.39, 0.29) is 17.7 Å². The third-order valence-electron chi connectivity index (χ3n) is 8.39. The van der Waals surface area contributed by atoms with Crippen molar-refractivity contribution >= 4 is 21.5 Å². The van der Waals surface area contributed by atoms with Gasteiger partial charge in [-0.2, -0.15) is 0 Å². The van der Waals surface area contributed by atoms with Crippen molar-refractivity contribution in [2.45, 2.75) is 33.3 Å². The van der Waals surface area contributed by atoms with E-state index < -0.39 is 15.4 Å². The topological polar surface area (TPSA) is 84.9 Å². The molecule has 5 rings (SSSR count). The summed E-state index contributed by atoms with van der Waals surface area (Å²) in [6, 6.07) is 14.4. The molecular formula is C28H34N2O5S. The molecule has 2 aromatic carbocycles. The highest BCUT2D eigenvalue weighted by Crippen LogP contribution is 2.59. The van der Waals surface area contributed by atoms with Crippen molar-refractivity contribution in [1.82, 2.24) is 9.62 Å². The zero-order chi connectivity index (χ0) is 25.7. The molecule has 1 aliphatic carbocycles. The number of nitrogens with one attached hydrogen (secondary N) is 1. The monoisotopic (exact) mass is 510 g/mol. The minimum Gasteiger partial charge on any atom is -0.497 e. The fourth-order valence-corrected chi connectivity index (χ4v) is 6.57. The van der Waals surface area contributed by atoms with Crippen LogP contribution in [0.5, 0.6) is 11.5 Å². The molecule has 36 heavy (non-hydrogen) atoms. The number of hydrogen-bond donors (Lipinski definition) is 1. The molecule has 1 amide bonds. The van der Waals surface area contributed by atoms with E-state index in [0.29, 0.717) is 13.2 Å². The highest BCUT2D eigenvalue weighted by molar-refractivity contribution is 7.89. The van der Waals surface area contributed by atoms with Crippen molar-refractivity contribution < 1.29 is 22.7 Å². The number of piperidine rings is 1. The number of amides is 1. The second-order valence-corrected chi connectivity index (χ2v) is 12.1. The molecule has 1 saturated carbocycles. The Kier molecular flexibility index (Phi) is 6.37. The lowest BCUT2D eigenvalue weighted by Crippen LogP contribution is -2.45. The molecule has 1 N–H and O–H groups in total. The van der Waals surface area contributed by atoms with Crippen LogP contribution in [0.25, 0.3) is 5.57 Å². The van der Waals surface area contributed by atoms with Gasteiger partial charge in [-0.25, -0.2) is 8.42 Å². The van der Waals surface area contributed by atoms with E-state index in [1.807, 2.05) is 38.1 Å². The fraction of sp³-hybridized carbons (Fsp3) is 0.464. The molecule has 2 aromatic rings. The summed E-state index contributed by atoms with van der Waals surface area (Å²) in [5.74, 6) is 1.62. The van der Waals surface area contributed by atoms with Gasteiger partial charge in [-0.05, 0) is 54.0 Å². The molecule has 192 valence electrons. The van der Waals surface area contributed by atoms with E-state index in [1.54, 1.807) is 7.11 Å². The molecule has 0 bridgehead atoms. The average molecular weight is 511 g/mol. The Bertz CT molecular complexity index is 1320. The van der Waals surface area contributed by atoms with Crippen molar-refractivity contribution in [1.29, 1.82) is 0 Å². The smallest absolute Gasteiger partial charge is 0.241 e. The third-order valence-corrected chi connectivity index (χ3v) is 8.94. The summed E-state index contributed by atoms with van der Waals surface area (Å²) in [7, 11) is -1.91. The average Bonchev–Trinajstić information content (AvgIpc) is 3.43. The van der Waals surface area contributed by atoms with E-state index in [9.17, 15) is 13.2 Å². The number of hydrogen-bond acceptors (Lipinski definition) is 6. The predicted octanol–water partition coefficient (Wildman–Crippen LogP) is 3.83. The number of sulfonamides is 1. The van der Waals surface area contributed by atoms with Gasteiger partial charge in [0.2, 0.25) is 15.9 Å². The first kappa shape index (κ1) is 24.8. The lowest BCUT2D eigenvalue weighted by Gasteiger charge is -2.33. The SMILES string of the molecule is COc1ccc2c(c1)COc1ccccc1C2=C1CCN(CC2(C(=O)NS(C)(=O)=O)C(C)C2C)CC1. The Morgan fingerprint density at radius 3 is 2.44 bits per heavy atom. The van der Waals surface area contributed by atoms with Crippen LogP contribution in [0.3, 0.4) is 0 Å². The molecule has 0 aromatic heterocycles. The normalized spacial score (nSPS) is 25.8. The van der Waals surface area contributed by atoms with Crippen LogP contribution in [-0.4, -0.2) is 52.2 Å². The van der Waals surface area contributed by atoms with Gasteiger partial charge in [0.25, 0.3) is 0 Å². The molecule has 3 aliphatic rings. The first-order valence-corrected chi connectivity index (χ1v) is 14.4. The van der Waals surface area contributed by atoms with Gasteiger partial charge < -0.3 is 14.4 Å². The van der Waals surface area contributed by atoms with Gasteiger partial charge in [-0.3, -0.25) is 9.52 Å². The number of carbonyl (C=O) groups excluding carboxylic acids is 1. The van der Waals surface area contributed by atoms with Crippen molar-refractivity contribution in [3.05, 3.63) is 64.7 Å². The van der Waals surface area contributed by atoms with Gasteiger partial charge in [0.1, 0.15) is 18.1 Å². The van der Waals surface area contributed by atoms with Gasteiger partial charge in [0.15, 0.2) is 0 Å². The third kappa shape index (κ3) is 4.41. The molecule has 2 unspecified atom stereocenters. The molecule has 0 spiro atoms. The number of ether oxygens (including phenoxy) is 2. The number of carbonyl (C=O) groups is 1. The summed E-state index contributed by atoms with van der Waals surface area (Å²) in [4.78, 5) is 15.3. The summed E-state index contributed by atoms with van der Waals surface area (Å²) in [6.07, 6.45) is 2.79. The molecule has 7 nitrogen and oxygen atoms in total. The fourth-order valence-electron chi connectivity index (χ4n) is 6.04. The van der Waals surface area contributed by atoms with Crippen LogP contribution in [0, 0.1) is 17.3 Å². The van der Waals surface area contributed by atoms with E-state index in [4.69, 9.17) is 9.47 Å². The molecule has 8 heteroatoms. The molecular weight excluding hydrogens is 476 g/mol. The highest BCUT2D eigenvalue weighted by Gasteiger charge is 2.65. The van der Waals surface area contributed by atoms with Crippen LogP contribution < -0.4 is 14.2 Å². The largest absolute Gasteiger partial charge is 0.497 e. The zero-order valence-corrected chi connectivity index (χ0v) is 22.2. The second kappa shape index (κ2) is 9.23. The van der Waals surface area contributed by atoms with Gasteiger partial charge >= 0.3 is 0 Å². The Labute approximate surface area is 213 Å². The predicted molar refractivity (Wildman–Crippen MR) is 139 cm³/mol. The molecule has 2 atom stereocenters. The summed E-state index contributed by atoms with van der Waals surface area (Å²) in [5, 5.41) is 0. The maximum absolute atomic E-state index is 13.0. The second-order valence-electron chi connectivity index (χ2n) is 10.4. The number of para-hydroxylation sites is 1. The van der Waals surface area contributed by atoms with Gasteiger partial charge in [-0.1, -0.05) is 43.7 Å². The molecule has 0 radical (unpaired) electrons. The van der Waals surface area contributed by atoms with Crippen molar-refractivity contribution in [3.63, 3.8) is 0 Å². The molecule has 1 saturated heterocycles. The molecule has 2 fully saturated rings. The van der Waals surface area contributed by atoms with Crippen LogP contribution >= 0.6 is 0 Å². The Hall–Kier alpha value is -2.84. The number of benzene rings is 2. The number of likely N-dealkylation sites (tertiary alicyclic amines) is 1. The van der Waals surface area contributed by atoms with Crippen LogP contribution in [0.15, 0.2) is 48.0 Å². The van der Waals surface area contributed by atoms with E-state index >= 15 is 0 Å². The van der Waals surface area contributed by atoms with Crippen LogP contribution in [0.1, 0.15) is 43.4 Å². The van der Waals surface area contributed by atoms with Crippen molar-refractivity contribution in [2.75, 3.05) is 33.0 Å². The van der Waals surface area contributed by atoms with E-state index in [1.165, 1.54) is 16.7 Å². The number of nitrogens with zero attached hydrogens (tertiary/aromatic N) is 1. The van der Waals surface area contributed by atoms with Gasteiger partial charge in [0, 0.05) is 30.8 Å². The van der Waals surface area contributed by atoms with Crippen molar-refractivity contribution in [3.8, 4) is 11.5 Å². The van der Waals surface area contributed by atoms with Gasteiger partial charge in [0.05, 0.1) is 18.8 Å². The maximum atomic E-state index is 13.0. The first-order chi connectivity index (χ1) is 17.1. The number of methoxy groups -OCH3 is 1. The standard InChI is InChI=1S/C28H34N2O5S/c1-18-19(2)28(18,27(31)29-36(4,32)33)17-30-13-11-20(12-14-30)26-23-10-9-22(34-3)15-21(23)16-35-25-8-6-5-7-24(25)26/h5-10,15,18-19H,11-14,16-17H2,1-4H3,(H,29,31). The van der Waals surface area contributed by atoms with Crippen LogP contribution in [0.2, 0.25) is 0 Å². The quantitative estimate of drug-likeness (QED) is 0.658. The molecule has 2 heterocycles. The van der Waals surface area contributed by atoms with Crippen LogP contribution in [-0.2, 0) is 21.4 Å². The lowest BCUT2D eigenvalue weighted by molar-refractivity contribution is -0.126. The highest BCUT2D eigenvalue weighted by atomic mass is 32.2. The lowest BCUT2D eigenvalue weighted by atomic mass is 9.86. The maximum Gasteiger partial charge on any atom is 0.241 e. The Morgan fingerprint density at radius 1 is 1.11 bits per heavy atom. The summed E-state index contributed by atoms with van der Waals surface area (Å²) in [5.41, 5.74) is 5.35. The minimum absolute atomic E-state index is 0.145. The Balaban J connectivity index is 1.42. The van der Waals surface area contributed by atoms with E-state index in [0.717, 1.165) is 54.8 Å². The summed E-state index contributed by atoms with van der Waals surface area (Å²) < 4.78 is 37.4. The Morgan fingerprint density at radius 2 is 1.81 bits per heavy atom. The summed E-state index contributed by atoms with van der Waals surface area (Å²) >= 11 is 0. The van der Waals surface area contributed by atoms with Gasteiger partial charge in [-0.15, -0.1) is 0 Å². The summed E-state index contributed by atoms with van der Waals surface area (Å²) in [6.45, 7) is 6.78. The van der Waals surface area contributed by atoms with Crippen LogP contribution in [0.4, 0.5) is 0 Å². The number of fused-ring (bicyclic) bond motifs is 2. The zero-order valence-electron chi connectivity index (χ0n) is 21.3. The first-order valence-electron chi connectivity index (χ1n) is 12.5.